The maximum absolute atomic E-state index is 13.1. The molecule has 1 saturated carbocycles. The van der Waals surface area contributed by atoms with Crippen molar-refractivity contribution in [3.05, 3.63) is 60.7 Å². The molecule has 6 rings (SSSR count). The lowest BCUT2D eigenvalue weighted by molar-refractivity contribution is -0.139. The molecule has 2 aliphatic carbocycles. The number of hydrogen-bond donors (Lipinski definition) is 0. The van der Waals surface area contributed by atoms with Crippen molar-refractivity contribution >= 4 is 35.1 Å². The van der Waals surface area contributed by atoms with Gasteiger partial charge < -0.3 is 14.4 Å². The normalized spacial score (nSPS) is 28.7. The van der Waals surface area contributed by atoms with E-state index in [1.807, 2.05) is 6.07 Å². The third kappa shape index (κ3) is 3.35. The summed E-state index contributed by atoms with van der Waals surface area (Å²) in [5, 5.41) is 0. The Kier molecular flexibility index (Phi) is 4.98. The molecule has 2 aliphatic heterocycles. The minimum atomic E-state index is -0.646. The molecule has 2 aromatic rings. The van der Waals surface area contributed by atoms with E-state index in [1.165, 1.54) is 16.9 Å². The van der Waals surface area contributed by atoms with Crippen molar-refractivity contribution in [3.8, 4) is 11.5 Å². The predicted molar refractivity (Wildman–Crippen MR) is 126 cm³/mol. The number of rotatable bonds is 5. The molecule has 178 valence electrons. The van der Waals surface area contributed by atoms with Crippen molar-refractivity contribution in [2.75, 3.05) is 23.5 Å². The summed E-state index contributed by atoms with van der Waals surface area (Å²) < 4.78 is 10.9. The fourth-order valence-electron chi connectivity index (χ4n) is 5.99. The summed E-state index contributed by atoms with van der Waals surface area (Å²) in [6, 6.07) is 13.6. The Labute approximate surface area is 202 Å². The monoisotopic (exact) mass is 472 g/mol. The third-order valence-electron chi connectivity index (χ3n) is 7.60. The number of esters is 1. The Hall–Kier alpha value is -3.94. The number of methoxy groups -OCH3 is 1. The van der Waals surface area contributed by atoms with Crippen LogP contribution in [0.15, 0.2) is 60.7 Å². The molecular weight excluding hydrogens is 448 g/mol. The highest BCUT2D eigenvalue weighted by molar-refractivity contribution is 6.22. The number of hydrogen-bond acceptors (Lipinski definition) is 6. The summed E-state index contributed by atoms with van der Waals surface area (Å²) in [5.74, 6) is -1.30. The Bertz CT molecular complexity index is 1260. The summed E-state index contributed by atoms with van der Waals surface area (Å²) in [6.45, 7) is 0.181. The molecule has 0 spiro atoms. The number of ether oxygens (including phenoxy) is 2. The standard InChI is InChI=1S/C27H24N2O6/c1-34-21-8-3-2-7-20(21)28-14-17(12-22(28)30)27(33)35-19-6-4-5-18(13-19)29-25(31)23-15-9-10-16(11-15)24(23)26(29)32/h2-10,13,15-17,23-24H,11-12,14H2,1H3/t15-,16-,17+,23-,24-/m0/s1. The average molecular weight is 472 g/mol. The number of para-hydroxylation sites is 2. The molecular formula is C27H24N2O6. The van der Waals surface area contributed by atoms with Gasteiger partial charge in [-0.1, -0.05) is 30.4 Å². The first kappa shape index (κ1) is 21.6. The van der Waals surface area contributed by atoms with Gasteiger partial charge in [-0.25, -0.2) is 4.90 Å². The van der Waals surface area contributed by atoms with Gasteiger partial charge >= 0.3 is 5.97 Å². The second-order valence-electron chi connectivity index (χ2n) is 9.51. The minimum Gasteiger partial charge on any atom is -0.495 e. The number of benzene rings is 2. The molecule has 3 amide bonds. The molecule has 2 bridgehead atoms. The van der Waals surface area contributed by atoms with Crippen LogP contribution in [0.25, 0.3) is 0 Å². The topological polar surface area (TPSA) is 93.2 Å². The lowest BCUT2D eigenvalue weighted by atomic mass is 9.85. The Morgan fingerprint density at radius 3 is 2.37 bits per heavy atom. The van der Waals surface area contributed by atoms with Gasteiger partial charge in [-0.3, -0.25) is 19.2 Å². The summed E-state index contributed by atoms with van der Waals surface area (Å²) >= 11 is 0. The molecule has 5 atom stereocenters. The highest BCUT2D eigenvalue weighted by atomic mass is 16.5. The van der Waals surface area contributed by atoms with Crippen LogP contribution in [0.4, 0.5) is 11.4 Å². The number of carbonyl (C=O) groups excluding carboxylic acids is 4. The van der Waals surface area contributed by atoms with Crippen molar-refractivity contribution in [2.24, 2.45) is 29.6 Å². The molecule has 0 aromatic heterocycles. The molecule has 35 heavy (non-hydrogen) atoms. The van der Waals surface area contributed by atoms with Gasteiger partial charge in [-0.15, -0.1) is 0 Å². The van der Waals surface area contributed by atoms with Gasteiger partial charge in [-0.05, 0) is 42.5 Å². The number of imide groups is 1. The van der Waals surface area contributed by atoms with Crippen LogP contribution in [0.1, 0.15) is 12.8 Å². The van der Waals surface area contributed by atoms with Crippen LogP contribution in [-0.2, 0) is 19.2 Å². The van der Waals surface area contributed by atoms with Gasteiger partial charge in [0.15, 0.2) is 0 Å². The molecule has 0 unspecified atom stereocenters. The molecule has 8 heteroatoms. The van der Waals surface area contributed by atoms with Gasteiger partial charge in [0.25, 0.3) is 0 Å². The van der Waals surface area contributed by atoms with Crippen molar-refractivity contribution in [3.63, 3.8) is 0 Å². The summed E-state index contributed by atoms with van der Waals surface area (Å²) in [6.07, 6.45) is 4.99. The van der Waals surface area contributed by atoms with E-state index in [1.54, 1.807) is 42.5 Å². The van der Waals surface area contributed by atoms with E-state index in [2.05, 4.69) is 12.2 Å². The zero-order chi connectivity index (χ0) is 24.3. The molecule has 2 saturated heterocycles. The number of nitrogens with zero attached hydrogens (tertiary/aromatic N) is 2. The van der Waals surface area contributed by atoms with Crippen LogP contribution < -0.4 is 19.3 Å². The first-order valence-corrected chi connectivity index (χ1v) is 11.8. The van der Waals surface area contributed by atoms with Crippen molar-refractivity contribution in [2.45, 2.75) is 12.8 Å². The van der Waals surface area contributed by atoms with E-state index >= 15 is 0 Å². The molecule has 2 heterocycles. The van der Waals surface area contributed by atoms with E-state index in [0.29, 0.717) is 17.1 Å². The maximum atomic E-state index is 13.1. The largest absolute Gasteiger partial charge is 0.495 e. The van der Waals surface area contributed by atoms with E-state index < -0.39 is 11.9 Å². The SMILES string of the molecule is COc1ccccc1N1C[C@H](C(=O)Oc2cccc(N3C(=O)[C@@H]4[C@@H](C3=O)[C@H]3C=C[C@H]4C3)c2)CC1=O. The molecule has 0 radical (unpaired) electrons. The van der Waals surface area contributed by atoms with Gasteiger partial charge in [-0.2, -0.15) is 0 Å². The van der Waals surface area contributed by atoms with Crippen LogP contribution >= 0.6 is 0 Å². The van der Waals surface area contributed by atoms with Gasteiger partial charge in [0.2, 0.25) is 17.7 Å². The minimum absolute atomic E-state index is 0.0266. The smallest absolute Gasteiger partial charge is 0.316 e. The molecule has 3 fully saturated rings. The van der Waals surface area contributed by atoms with Crippen LogP contribution in [0.5, 0.6) is 11.5 Å². The fourth-order valence-corrected chi connectivity index (χ4v) is 5.99. The van der Waals surface area contributed by atoms with E-state index in [0.717, 1.165) is 6.42 Å². The third-order valence-corrected chi connectivity index (χ3v) is 7.60. The second kappa shape index (κ2) is 8.08. The number of carbonyl (C=O) groups is 4. The van der Waals surface area contributed by atoms with Crippen molar-refractivity contribution < 1.29 is 28.7 Å². The zero-order valence-corrected chi connectivity index (χ0v) is 19.1. The molecule has 4 aliphatic rings. The van der Waals surface area contributed by atoms with Crippen LogP contribution in [0, 0.1) is 29.6 Å². The number of fused-ring (bicyclic) bond motifs is 5. The Balaban J connectivity index is 1.17. The van der Waals surface area contributed by atoms with E-state index in [-0.39, 0.29) is 60.1 Å². The average Bonchev–Trinajstić information content (AvgIpc) is 3.62. The Morgan fingerprint density at radius 2 is 1.66 bits per heavy atom. The quantitative estimate of drug-likeness (QED) is 0.288. The first-order valence-electron chi connectivity index (χ1n) is 11.8. The molecule has 2 aromatic carbocycles. The lowest BCUT2D eigenvalue weighted by Crippen LogP contribution is -2.32. The zero-order valence-electron chi connectivity index (χ0n) is 19.1. The lowest BCUT2D eigenvalue weighted by Gasteiger charge is -2.19. The molecule has 8 nitrogen and oxygen atoms in total. The first-order chi connectivity index (χ1) is 17.0. The summed E-state index contributed by atoms with van der Waals surface area (Å²) in [4.78, 5) is 54.5. The summed E-state index contributed by atoms with van der Waals surface area (Å²) in [7, 11) is 1.53. The van der Waals surface area contributed by atoms with Crippen LogP contribution in [0.2, 0.25) is 0 Å². The second-order valence-corrected chi connectivity index (χ2v) is 9.51. The van der Waals surface area contributed by atoms with Gasteiger partial charge in [0.05, 0.1) is 36.2 Å². The number of allylic oxidation sites excluding steroid dienone is 2. The van der Waals surface area contributed by atoms with E-state index in [9.17, 15) is 19.2 Å². The van der Waals surface area contributed by atoms with E-state index in [4.69, 9.17) is 9.47 Å². The van der Waals surface area contributed by atoms with Crippen LogP contribution in [-0.4, -0.2) is 37.3 Å². The molecule has 0 N–H and O–H groups in total. The van der Waals surface area contributed by atoms with Crippen molar-refractivity contribution in [1.82, 2.24) is 0 Å². The number of anilines is 2. The highest BCUT2D eigenvalue weighted by Crippen LogP contribution is 2.53. The van der Waals surface area contributed by atoms with Crippen molar-refractivity contribution in [1.29, 1.82) is 0 Å². The van der Waals surface area contributed by atoms with Crippen LogP contribution in [0.3, 0.4) is 0 Å². The fraction of sp³-hybridized carbons (Fsp3) is 0.333. The Morgan fingerprint density at radius 1 is 0.943 bits per heavy atom. The summed E-state index contributed by atoms with van der Waals surface area (Å²) in [5.41, 5.74) is 1.01. The highest BCUT2D eigenvalue weighted by Gasteiger charge is 2.59. The predicted octanol–water partition coefficient (Wildman–Crippen LogP) is 2.97. The van der Waals surface area contributed by atoms with Gasteiger partial charge in [0, 0.05) is 19.0 Å². The maximum Gasteiger partial charge on any atom is 0.316 e. The number of amides is 3. The van der Waals surface area contributed by atoms with Gasteiger partial charge in [0.1, 0.15) is 11.5 Å².